The van der Waals surface area contributed by atoms with Crippen molar-refractivity contribution in [3.63, 3.8) is 0 Å². The number of carbonyl (C=O) groups excluding carboxylic acids is 2. The molecule has 0 aliphatic heterocycles. The van der Waals surface area contributed by atoms with Crippen molar-refractivity contribution in [1.29, 1.82) is 5.41 Å². The fourth-order valence-electron chi connectivity index (χ4n) is 4.85. The number of amides is 1. The third-order valence-electron chi connectivity index (χ3n) is 7.52. The van der Waals surface area contributed by atoms with Crippen molar-refractivity contribution in [1.82, 2.24) is 14.8 Å². The molecule has 2 fully saturated rings. The van der Waals surface area contributed by atoms with Crippen LogP contribution in [0.3, 0.4) is 0 Å². The largest absolute Gasteiger partial charge is 0.481 e. The first-order chi connectivity index (χ1) is 18.4. The molecule has 1 aromatic heterocycles. The summed E-state index contributed by atoms with van der Waals surface area (Å²) in [5.74, 6) is -7.98. The number of rotatable bonds is 10. The van der Waals surface area contributed by atoms with Crippen molar-refractivity contribution in [2.75, 3.05) is 20.1 Å². The molecule has 2 N–H and O–H groups in total. The van der Waals surface area contributed by atoms with E-state index in [2.05, 4.69) is 4.98 Å². The van der Waals surface area contributed by atoms with Crippen LogP contribution in [-0.4, -0.2) is 82.0 Å². The molecule has 15 heteroatoms. The van der Waals surface area contributed by atoms with Crippen LogP contribution in [0, 0.1) is 16.7 Å². The Balaban J connectivity index is 1.99. The average molecular weight is 613 g/mol. The summed E-state index contributed by atoms with van der Waals surface area (Å²) in [4.78, 5) is 43.1. The molecule has 1 heterocycles. The van der Waals surface area contributed by atoms with Gasteiger partial charge in [0.05, 0.1) is 33.1 Å². The Morgan fingerprint density at radius 3 is 2.12 bits per heavy atom. The number of pyridine rings is 1. The van der Waals surface area contributed by atoms with E-state index < -0.39 is 77.9 Å². The first-order valence-electron chi connectivity index (χ1n) is 12.2. The molecule has 1 amide bonds. The Bertz CT molecular complexity index is 1210. The quantitative estimate of drug-likeness (QED) is 0.156. The average Bonchev–Trinajstić information content (AvgIpc) is 3.46. The molecule has 1 aromatic rings. The molecule has 2 saturated carbocycles. The normalized spacial score (nSPS) is 24.5. The molecule has 0 bridgehead atoms. The van der Waals surface area contributed by atoms with Gasteiger partial charge in [0.1, 0.15) is 5.70 Å². The molecule has 220 valence electrons. The highest BCUT2D eigenvalue weighted by Gasteiger charge is 2.58. The zero-order valence-corrected chi connectivity index (χ0v) is 23.0. The summed E-state index contributed by atoms with van der Waals surface area (Å²) in [5, 5.41) is 16.7. The van der Waals surface area contributed by atoms with Crippen molar-refractivity contribution < 1.29 is 41.4 Å². The summed E-state index contributed by atoms with van der Waals surface area (Å²) in [6.45, 7) is -0.172. The predicted molar refractivity (Wildman–Crippen MR) is 136 cm³/mol. The summed E-state index contributed by atoms with van der Waals surface area (Å²) in [6.07, 6.45) is -3.13. The molecule has 2 aliphatic carbocycles. The number of carboxylic acid groups (broad SMARTS) is 1. The lowest BCUT2D eigenvalue weighted by Crippen LogP contribution is -2.46. The number of alkyl halides is 5. The summed E-state index contributed by atoms with van der Waals surface area (Å²) >= 11 is 12.0. The van der Waals surface area contributed by atoms with Crippen LogP contribution in [0.2, 0.25) is 10.0 Å². The molecule has 2 aliphatic rings. The predicted octanol–water partition coefficient (Wildman–Crippen LogP) is 5.49. The number of carbonyl (C=O) groups is 3. The Morgan fingerprint density at radius 1 is 1.18 bits per heavy atom. The lowest BCUT2D eigenvalue weighted by Gasteiger charge is -2.40. The minimum absolute atomic E-state index is 0.0634. The van der Waals surface area contributed by atoms with Crippen molar-refractivity contribution in [3.8, 4) is 0 Å². The number of aromatic nitrogens is 1. The zero-order chi connectivity index (χ0) is 30.2. The van der Waals surface area contributed by atoms with E-state index in [1.807, 2.05) is 0 Å². The molecule has 1 atom stereocenters. The topological polar surface area (TPSA) is 115 Å². The van der Waals surface area contributed by atoms with Gasteiger partial charge in [-0.25, -0.2) is 8.78 Å². The standard InChI is InChI=1S/C25H27Cl2F5N4O4/c1-23(22(39)40)5-3-14(4-6-23)35(2)20(25(30,31)32)15(8-33)21(38)36(11-13-7-24(13,28)29)12-18(37)19-16(26)9-34-10-17(19)27/h8-10,13-14,33H,3-7,11-12H2,1-2H3,(H,39,40)/b20-15+,33-8?/t13-,14-,23-/m0/s1. The Kier molecular flexibility index (Phi) is 9.19. The maximum atomic E-state index is 14.4. The van der Waals surface area contributed by atoms with Gasteiger partial charge in [0.2, 0.25) is 0 Å². The maximum Gasteiger partial charge on any atom is 0.431 e. The van der Waals surface area contributed by atoms with Gasteiger partial charge in [-0.2, -0.15) is 13.2 Å². The van der Waals surface area contributed by atoms with Crippen LogP contribution < -0.4 is 0 Å². The van der Waals surface area contributed by atoms with Crippen LogP contribution in [0.5, 0.6) is 0 Å². The summed E-state index contributed by atoms with van der Waals surface area (Å²) in [5.41, 5.74) is -4.03. The number of allylic oxidation sites excluding steroid dienone is 1. The first-order valence-corrected chi connectivity index (χ1v) is 13.0. The van der Waals surface area contributed by atoms with E-state index in [0.29, 0.717) is 4.90 Å². The van der Waals surface area contributed by atoms with Crippen LogP contribution in [-0.2, 0) is 9.59 Å². The van der Waals surface area contributed by atoms with Crippen molar-refractivity contribution in [2.24, 2.45) is 11.3 Å². The van der Waals surface area contributed by atoms with Crippen LogP contribution in [0.1, 0.15) is 49.4 Å². The Hall–Kier alpha value is -2.80. The van der Waals surface area contributed by atoms with E-state index in [0.717, 1.165) is 24.3 Å². The molecule has 0 saturated heterocycles. The number of hydrogen-bond donors (Lipinski definition) is 2. The van der Waals surface area contributed by atoms with Gasteiger partial charge in [0, 0.05) is 50.6 Å². The van der Waals surface area contributed by atoms with Crippen molar-refractivity contribution in [3.05, 3.63) is 39.3 Å². The van der Waals surface area contributed by atoms with E-state index >= 15 is 0 Å². The third kappa shape index (κ3) is 6.73. The molecular formula is C25H27Cl2F5N4O4. The number of Topliss-reactive ketones (excluding diaryl/α,β-unsaturated/α-hetero) is 1. The van der Waals surface area contributed by atoms with E-state index in [9.17, 15) is 41.4 Å². The molecule has 0 radical (unpaired) electrons. The lowest BCUT2D eigenvalue weighted by molar-refractivity contribution is -0.151. The van der Waals surface area contributed by atoms with E-state index in [1.165, 1.54) is 6.92 Å². The van der Waals surface area contributed by atoms with Gasteiger partial charge in [-0.15, -0.1) is 0 Å². The van der Waals surface area contributed by atoms with Gasteiger partial charge >= 0.3 is 12.1 Å². The van der Waals surface area contributed by atoms with Crippen LogP contribution in [0.25, 0.3) is 0 Å². The van der Waals surface area contributed by atoms with Gasteiger partial charge in [-0.1, -0.05) is 23.2 Å². The van der Waals surface area contributed by atoms with Crippen molar-refractivity contribution in [2.45, 2.75) is 57.2 Å². The van der Waals surface area contributed by atoms with E-state index in [4.69, 9.17) is 28.6 Å². The fourth-order valence-corrected chi connectivity index (χ4v) is 5.43. The number of ketones is 1. The Morgan fingerprint density at radius 2 is 1.70 bits per heavy atom. The molecule has 0 unspecified atom stereocenters. The van der Waals surface area contributed by atoms with Crippen LogP contribution in [0.15, 0.2) is 23.7 Å². The molecule has 8 nitrogen and oxygen atoms in total. The Labute approximate surface area is 236 Å². The first kappa shape index (κ1) is 31.7. The number of aliphatic carboxylic acids is 1. The molecular weight excluding hydrogens is 586 g/mol. The molecule has 3 rings (SSSR count). The fraction of sp³-hybridized carbons (Fsp3) is 0.560. The third-order valence-corrected chi connectivity index (χ3v) is 8.10. The summed E-state index contributed by atoms with van der Waals surface area (Å²) in [7, 11) is 1.08. The number of halogens is 7. The number of nitrogens with one attached hydrogen (secondary N) is 1. The number of carboxylic acids is 1. The minimum atomic E-state index is -5.15. The number of nitrogens with zero attached hydrogens (tertiary/aromatic N) is 3. The van der Waals surface area contributed by atoms with Crippen LogP contribution >= 0.6 is 23.2 Å². The van der Waals surface area contributed by atoms with Gasteiger partial charge < -0.3 is 20.3 Å². The summed E-state index contributed by atoms with van der Waals surface area (Å²) < 4.78 is 70.7. The van der Waals surface area contributed by atoms with E-state index in [1.54, 1.807) is 0 Å². The van der Waals surface area contributed by atoms with Crippen LogP contribution in [0.4, 0.5) is 22.0 Å². The second kappa shape index (κ2) is 11.6. The molecule has 0 spiro atoms. The highest BCUT2D eigenvalue weighted by molar-refractivity contribution is 6.39. The second-order valence-corrected chi connectivity index (χ2v) is 11.2. The van der Waals surface area contributed by atoms with E-state index in [-0.39, 0.29) is 47.5 Å². The maximum absolute atomic E-state index is 14.4. The zero-order valence-electron chi connectivity index (χ0n) is 21.5. The van der Waals surface area contributed by atoms with Gasteiger partial charge in [-0.3, -0.25) is 19.4 Å². The highest BCUT2D eigenvalue weighted by atomic mass is 35.5. The number of hydrogen-bond acceptors (Lipinski definition) is 6. The smallest absolute Gasteiger partial charge is 0.431 e. The lowest BCUT2D eigenvalue weighted by atomic mass is 9.73. The van der Waals surface area contributed by atoms with Gasteiger partial charge in [0.15, 0.2) is 5.78 Å². The SMILES string of the molecule is CN(/C(=C(\C=N)C(=O)N(CC(=O)c1c(Cl)cncc1Cl)C[C@@H]1CC1(F)F)C(F)(F)F)[C@H]1CC[C@](C)(C(=O)O)CC1. The van der Waals surface area contributed by atoms with Gasteiger partial charge in [-0.05, 0) is 32.6 Å². The van der Waals surface area contributed by atoms with Gasteiger partial charge in [0.25, 0.3) is 11.8 Å². The molecule has 40 heavy (non-hydrogen) atoms. The second-order valence-electron chi connectivity index (χ2n) is 10.4. The monoisotopic (exact) mass is 612 g/mol. The highest BCUT2D eigenvalue weighted by Crippen LogP contribution is 2.49. The minimum Gasteiger partial charge on any atom is -0.481 e. The summed E-state index contributed by atoms with van der Waals surface area (Å²) in [6, 6.07) is -0.816. The molecule has 0 aromatic carbocycles. The van der Waals surface area contributed by atoms with Crippen molar-refractivity contribution >= 4 is 47.1 Å².